The van der Waals surface area contributed by atoms with Gasteiger partial charge in [0, 0.05) is 0 Å². The van der Waals surface area contributed by atoms with Crippen molar-refractivity contribution in [1.82, 2.24) is 0 Å². The topological polar surface area (TPSA) is 20.2 Å². The molecular formula is C14H12O. The second-order valence-corrected chi connectivity index (χ2v) is 3.38. The van der Waals surface area contributed by atoms with E-state index in [0.29, 0.717) is 0 Å². The second kappa shape index (κ2) is 4.14. The van der Waals surface area contributed by atoms with Crippen LogP contribution >= 0.6 is 0 Å². The van der Waals surface area contributed by atoms with E-state index >= 15 is 0 Å². The Labute approximate surface area is 89.0 Å². The summed E-state index contributed by atoms with van der Waals surface area (Å²) >= 11 is 0. The number of rotatable bonds is 2. The average molecular weight is 196 g/mol. The predicted octanol–water partition coefficient (Wildman–Crippen LogP) is 3.21. The van der Waals surface area contributed by atoms with Gasteiger partial charge in [-0.3, -0.25) is 0 Å². The summed E-state index contributed by atoms with van der Waals surface area (Å²) in [6.45, 7) is 3.47. The van der Waals surface area contributed by atoms with Gasteiger partial charge < -0.3 is 5.11 Å². The number of aliphatic hydroxyl groups excluding tert-OH is 1. The lowest BCUT2D eigenvalue weighted by molar-refractivity contribution is 0.230. The Kier molecular flexibility index (Phi) is 2.68. The summed E-state index contributed by atoms with van der Waals surface area (Å²) in [6, 6.07) is 13.9. The lowest BCUT2D eigenvalue weighted by atomic mass is 10.0. The van der Waals surface area contributed by atoms with Gasteiger partial charge in [-0.25, -0.2) is 0 Å². The van der Waals surface area contributed by atoms with Crippen LogP contribution in [-0.4, -0.2) is 5.11 Å². The Morgan fingerprint density at radius 1 is 1.13 bits per heavy atom. The largest absolute Gasteiger partial charge is 0.384 e. The van der Waals surface area contributed by atoms with E-state index in [4.69, 9.17) is 0 Å². The Morgan fingerprint density at radius 3 is 2.67 bits per heavy atom. The molecule has 15 heavy (non-hydrogen) atoms. The molecule has 74 valence electrons. The molecule has 0 aliphatic heterocycles. The van der Waals surface area contributed by atoms with Crippen molar-refractivity contribution in [2.45, 2.75) is 6.10 Å². The molecule has 0 spiro atoms. The molecule has 1 heteroatoms. The van der Waals surface area contributed by atoms with E-state index in [9.17, 15) is 5.11 Å². The standard InChI is InChI=1S/C14H12O/c1-2-6-14(15)13-10-5-8-11-7-3-4-9-12(11)13/h3-10,14-15H,1H2. The summed E-state index contributed by atoms with van der Waals surface area (Å²) in [6.07, 6.45) is 0.926. The first-order chi connectivity index (χ1) is 7.33. The second-order valence-electron chi connectivity index (χ2n) is 3.38. The zero-order valence-electron chi connectivity index (χ0n) is 8.35. The molecule has 0 amide bonds. The average Bonchev–Trinajstić information content (AvgIpc) is 2.28. The van der Waals surface area contributed by atoms with Crippen LogP contribution in [0.5, 0.6) is 0 Å². The Morgan fingerprint density at radius 2 is 1.87 bits per heavy atom. The van der Waals surface area contributed by atoms with Crippen molar-refractivity contribution in [3.63, 3.8) is 0 Å². The third-order valence-electron chi connectivity index (χ3n) is 2.42. The molecule has 0 radical (unpaired) electrons. The molecule has 0 saturated heterocycles. The minimum absolute atomic E-state index is 0.631. The summed E-state index contributed by atoms with van der Waals surface area (Å²) in [5.74, 6) is 0. The molecular weight excluding hydrogens is 184 g/mol. The van der Waals surface area contributed by atoms with Crippen LogP contribution < -0.4 is 0 Å². The van der Waals surface area contributed by atoms with Crippen molar-refractivity contribution in [3.8, 4) is 0 Å². The highest BCUT2D eigenvalue weighted by atomic mass is 16.3. The molecule has 1 N–H and O–H groups in total. The molecule has 2 aromatic rings. The summed E-state index contributed by atoms with van der Waals surface area (Å²) in [4.78, 5) is 0. The zero-order chi connectivity index (χ0) is 10.7. The fourth-order valence-electron chi connectivity index (χ4n) is 1.71. The third-order valence-corrected chi connectivity index (χ3v) is 2.42. The normalized spacial score (nSPS) is 12.1. The van der Waals surface area contributed by atoms with Gasteiger partial charge in [0.05, 0.1) is 0 Å². The van der Waals surface area contributed by atoms with Crippen LogP contribution in [-0.2, 0) is 0 Å². The molecule has 1 nitrogen and oxygen atoms in total. The summed E-state index contributed by atoms with van der Waals surface area (Å²) in [5, 5.41) is 12.1. The molecule has 0 fully saturated rings. The number of hydrogen-bond donors (Lipinski definition) is 1. The number of fused-ring (bicyclic) bond motifs is 1. The maximum absolute atomic E-state index is 9.86. The van der Waals surface area contributed by atoms with Crippen LogP contribution in [0, 0.1) is 0 Å². The maximum Gasteiger partial charge on any atom is 0.105 e. The molecule has 1 atom stereocenters. The number of benzene rings is 2. The molecule has 2 rings (SSSR count). The van der Waals surface area contributed by atoms with E-state index < -0.39 is 6.10 Å². The van der Waals surface area contributed by atoms with Crippen LogP contribution in [0.2, 0.25) is 0 Å². The Balaban J connectivity index is 2.65. The first kappa shape index (κ1) is 9.72. The van der Waals surface area contributed by atoms with Crippen molar-refractivity contribution in [1.29, 1.82) is 0 Å². The van der Waals surface area contributed by atoms with E-state index in [1.54, 1.807) is 6.08 Å². The maximum atomic E-state index is 9.86. The van der Waals surface area contributed by atoms with Crippen LogP contribution in [0.3, 0.4) is 0 Å². The fraction of sp³-hybridized carbons (Fsp3) is 0.0714. The highest BCUT2D eigenvalue weighted by molar-refractivity contribution is 5.86. The van der Waals surface area contributed by atoms with Crippen molar-refractivity contribution < 1.29 is 5.11 Å². The SMILES string of the molecule is C=C=CC(O)c1cccc2ccccc12. The van der Waals surface area contributed by atoms with Gasteiger partial charge >= 0.3 is 0 Å². The van der Waals surface area contributed by atoms with Gasteiger partial charge in [-0.1, -0.05) is 49.0 Å². The van der Waals surface area contributed by atoms with Gasteiger partial charge in [0.2, 0.25) is 0 Å². The predicted molar refractivity (Wildman–Crippen MR) is 62.6 cm³/mol. The molecule has 0 aromatic heterocycles. The molecule has 0 saturated carbocycles. The number of hydrogen-bond acceptors (Lipinski definition) is 1. The summed E-state index contributed by atoms with van der Waals surface area (Å²) < 4.78 is 0. The van der Waals surface area contributed by atoms with Crippen molar-refractivity contribution >= 4 is 10.8 Å². The first-order valence-electron chi connectivity index (χ1n) is 4.84. The molecule has 1 unspecified atom stereocenters. The van der Waals surface area contributed by atoms with Crippen molar-refractivity contribution in [3.05, 3.63) is 66.4 Å². The van der Waals surface area contributed by atoms with Crippen LogP contribution in [0.1, 0.15) is 11.7 Å². The van der Waals surface area contributed by atoms with Crippen LogP contribution in [0.4, 0.5) is 0 Å². The molecule has 0 heterocycles. The quantitative estimate of drug-likeness (QED) is 0.731. The molecule has 0 bridgehead atoms. The fourth-order valence-corrected chi connectivity index (χ4v) is 1.71. The van der Waals surface area contributed by atoms with Gasteiger partial charge in [-0.2, -0.15) is 0 Å². The van der Waals surface area contributed by atoms with E-state index in [-0.39, 0.29) is 0 Å². The highest BCUT2D eigenvalue weighted by Gasteiger charge is 2.06. The van der Waals surface area contributed by atoms with Gasteiger partial charge in [-0.05, 0) is 22.4 Å². The van der Waals surface area contributed by atoms with Crippen LogP contribution in [0.25, 0.3) is 10.8 Å². The van der Waals surface area contributed by atoms with E-state index in [2.05, 4.69) is 12.3 Å². The smallest absolute Gasteiger partial charge is 0.105 e. The third kappa shape index (κ3) is 1.84. The van der Waals surface area contributed by atoms with Gasteiger partial charge in [0.15, 0.2) is 0 Å². The van der Waals surface area contributed by atoms with E-state index in [1.807, 2.05) is 42.5 Å². The lowest BCUT2D eigenvalue weighted by Gasteiger charge is -2.08. The van der Waals surface area contributed by atoms with Gasteiger partial charge in [-0.15, -0.1) is 5.73 Å². The zero-order valence-corrected chi connectivity index (χ0v) is 8.35. The molecule has 0 aliphatic carbocycles. The summed E-state index contributed by atoms with van der Waals surface area (Å²) in [5.41, 5.74) is 3.50. The van der Waals surface area contributed by atoms with E-state index in [0.717, 1.165) is 16.3 Å². The van der Waals surface area contributed by atoms with E-state index in [1.165, 1.54) is 0 Å². The van der Waals surface area contributed by atoms with Crippen molar-refractivity contribution in [2.75, 3.05) is 0 Å². The minimum Gasteiger partial charge on any atom is -0.384 e. The Bertz CT molecular complexity index is 516. The summed E-state index contributed by atoms with van der Waals surface area (Å²) in [7, 11) is 0. The first-order valence-corrected chi connectivity index (χ1v) is 4.84. The van der Waals surface area contributed by atoms with Gasteiger partial charge in [0.25, 0.3) is 0 Å². The minimum atomic E-state index is -0.631. The lowest BCUT2D eigenvalue weighted by Crippen LogP contribution is -1.93. The highest BCUT2D eigenvalue weighted by Crippen LogP contribution is 2.24. The Hall–Kier alpha value is -1.82. The number of aliphatic hydroxyl groups is 1. The molecule has 0 aliphatic rings. The van der Waals surface area contributed by atoms with Gasteiger partial charge in [0.1, 0.15) is 6.10 Å². The van der Waals surface area contributed by atoms with Crippen molar-refractivity contribution in [2.24, 2.45) is 0 Å². The van der Waals surface area contributed by atoms with Crippen LogP contribution in [0.15, 0.2) is 60.9 Å². The molecule has 2 aromatic carbocycles. The monoisotopic (exact) mass is 196 g/mol.